The highest BCUT2D eigenvalue weighted by atomic mass is 16.5. The van der Waals surface area contributed by atoms with Gasteiger partial charge in [0, 0.05) is 12.3 Å². The van der Waals surface area contributed by atoms with Gasteiger partial charge in [-0.1, -0.05) is 12.1 Å². The first-order valence-corrected chi connectivity index (χ1v) is 5.59. The number of guanidine groups is 1. The number of rotatable bonds is 1. The van der Waals surface area contributed by atoms with E-state index in [0.717, 1.165) is 5.75 Å². The summed E-state index contributed by atoms with van der Waals surface area (Å²) in [7, 11) is 3.33. The lowest BCUT2D eigenvalue weighted by Gasteiger charge is -2.08. The maximum absolute atomic E-state index is 10.7. The van der Waals surface area contributed by atoms with Crippen molar-refractivity contribution in [2.45, 2.75) is 0 Å². The number of carbonyl (C=O) groups excluding carboxylic acids is 2. The topological polar surface area (TPSA) is 97.0 Å². The maximum atomic E-state index is 10.7. The first-order chi connectivity index (χ1) is 9.01. The first-order valence-electron chi connectivity index (χ1n) is 5.59. The van der Waals surface area contributed by atoms with Crippen molar-refractivity contribution in [1.29, 1.82) is 0 Å². The molecule has 3 amide bonds. The molecule has 0 atom stereocenters. The molecular weight excluding hydrogens is 248 g/mol. The molecule has 7 heteroatoms. The van der Waals surface area contributed by atoms with Crippen LogP contribution in [0.2, 0.25) is 0 Å². The lowest BCUT2D eigenvalue weighted by Crippen LogP contribution is -2.29. The van der Waals surface area contributed by atoms with Crippen LogP contribution in [0.5, 0.6) is 5.75 Å². The Morgan fingerprint density at radius 2 is 2.26 bits per heavy atom. The minimum absolute atomic E-state index is 0.187. The van der Waals surface area contributed by atoms with Crippen molar-refractivity contribution in [3.05, 3.63) is 28.6 Å². The molecule has 0 aromatic heterocycles. The van der Waals surface area contributed by atoms with E-state index in [4.69, 9.17) is 10.5 Å². The van der Waals surface area contributed by atoms with Gasteiger partial charge in [0.2, 0.25) is 11.9 Å². The Labute approximate surface area is 109 Å². The minimum Gasteiger partial charge on any atom is -0.496 e. The number of carbonyl (C=O) groups is 2. The summed E-state index contributed by atoms with van der Waals surface area (Å²) < 4.78 is 4.97. The summed E-state index contributed by atoms with van der Waals surface area (Å²) in [4.78, 5) is 25.8. The summed E-state index contributed by atoms with van der Waals surface area (Å²) >= 11 is 0. The van der Waals surface area contributed by atoms with Crippen LogP contribution in [0.15, 0.2) is 23.2 Å². The largest absolute Gasteiger partial charge is 0.496 e. The predicted octanol–water partition coefficient (Wildman–Crippen LogP) is -0.222. The van der Waals surface area contributed by atoms with Crippen molar-refractivity contribution in [2.24, 2.45) is 10.7 Å². The summed E-state index contributed by atoms with van der Waals surface area (Å²) in [6.45, 7) is 0.214. The highest BCUT2D eigenvalue weighted by Gasteiger charge is 2.21. The fourth-order valence-corrected chi connectivity index (χ4v) is 1.69. The Morgan fingerprint density at radius 1 is 1.53 bits per heavy atom. The molecule has 100 valence electrons. The summed E-state index contributed by atoms with van der Waals surface area (Å²) in [5.41, 5.74) is 4.78. The second-order valence-electron chi connectivity index (χ2n) is 4.09. The van der Waals surface area contributed by atoms with Gasteiger partial charge >= 0.3 is 6.03 Å². The van der Waals surface area contributed by atoms with Gasteiger partial charge in [-0.15, -0.1) is 0 Å². The van der Waals surface area contributed by atoms with Gasteiger partial charge in [0.15, 0.2) is 0 Å². The Hall–Kier alpha value is -2.57. The third-order valence-corrected chi connectivity index (χ3v) is 2.72. The minimum atomic E-state index is -0.811. The van der Waals surface area contributed by atoms with Crippen molar-refractivity contribution in [2.75, 3.05) is 20.7 Å². The van der Waals surface area contributed by atoms with E-state index in [1.807, 2.05) is 6.07 Å². The Bertz CT molecular complexity index is 653. The number of hydrogen-bond acceptors (Lipinski definition) is 3. The predicted molar refractivity (Wildman–Crippen MR) is 68.5 cm³/mol. The van der Waals surface area contributed by atoms with E-state index in [-0.39, 0.29) is 18.4 Å². The van der Waals surface area contributed by atoms with Gasteiger partial charge in [0.05, 0.1) is 13.7 Å². The van der Waals surface area contributed by atoms with Gasteiger partial charge in [0.25, 0.3) is 0 Å². The smallest absolute Gasteiger partial charge is 0.341 e. The number of nitrogens with one attached hydrogen (secondary N) is 1. The number of amides is 3. The van der Waals surface area contributed by atoms with Crippen molar-refractivity contribution < 1.29 is 14.3 Å². The Kier molecular flexibility index (Phi) is 3.37. The van der Waals surface area contributed by atoms with E-state index in [1.54, 1.807) is 14.2 Å². The standard InChI is InChI=1S/C7H6O.C5H8N4O2/c1-8-7-4-5-2-3-6(5)7;1-9-2-3(10)7-5(9)8-4(6)11/h2-4H,1H3;2H2,1H3,(H3,6,7,8,10,11). The zero-order valence-corrected chi connectivity index (χ0v) is 10.6. The molecule has 3 rings (SSSR count). The Morgan fingerprint density at radius 3 is 2.53 bits per heavy atom. The molecular formula is C12H14N4O3. The SMILES string of the molecule is CN1CC(=O)N/C1=N/C(N)=O.COc1cc2ccc1=2. The number of benzene rings is 1. The lowest BCUT2D eigenvalue weighted by atomic mass is 10.1. The summed E-state index contributed by atoms with van der Waals surface area (Å²) in [5, 5.41) is 4.99. The molecule has 0 bridgehead atoms. The quantitative estimate of drug-likeness (QED) is 0.742. The van der Waals surface area contributed by atoms with Crippen LogP contribution in [0.1, 0.15) is 0 Å². The van der Waals surface area contributed by atoms with Gasteiger partial charge in [-0.25, -0.2) is 4.79 Å². The zero-order chi connectivity index (χ0) is 14.0. The van der Waals surface area contributed by atoms with Gasteiger partial charge in [-0.2, -0.15) is 4.99 Å². The molecule has 0 aromatic rings. The monoisotopic (exact) mass is 262 g/mol. The highest BCUT2D eigenvalue weighted by Crippen LogP contribution is 2.22. The first kappa shape index (κ1) is 12.9. The van der Waals surface area contributed by atoms with Crippen LogP contribution in [-0.4, -0.2) is 43.5 Å². The van der Waals surface area contributed by atoms with Crippen molar-refractivity contribution >= 4 is 17.9 Å². The molecule has 7 nitrogen and oxygen atoms in total. The molecule has 1 aliphatic heterocycles. The normalized spacial score (nSPS) is 16.6. The number of nitrogens with two attached hydrogens (primary N) is 1. The number of primary amides is 1. The number of aliphatic imine (C=N–C) groups is 1. The summed E-state index contributed by atoms with van der Waals surface area (Å²) in [5.74, 6) is 1.05. The number of methoxy groups -OCH3 is 1. The molecule has 2 aliphatic carbocycles. The zero-order valence-electron chi connectivity index (χ0n) is 10.6. The molecule has 0 radical (unpaired) electrons. The average molecular weight is 262 g/mol. The summed E-state index contributed by atoms with van der Waals surface area (Å²) in [6.07, 6.45) is 0. The van der Waals surface area contributed by atoms with E-state index in [9.17, 15) is 9.59 Å². The van der Waals surface area contributed by atoms with Crippen molar-refractivity contribution in [3.8, 4) is 5.75 Å². The number of nitrogens with zero attached hydrogens (tertiary/aromatic N) is 2. The second-order valence-corrected chi connectivity index (χ2v) is 4.09. The molecule has 1 saturated heterocycles. The van der Waals surface area contributed by atoms with Crippen LogP contribution in [0.4, 0.5) is 4.79 Å². The average Bonchev–Trinajstić information content (AvgIpc) is 2.61. The second kappa shape index (κ2) is 4.97. The maximum Gasteiger partial charge on any atom is 0.341 e. The fraction of sp³-hybridized carbons (Fsp3) is 0.250. The molecule has 1 heterocycles. The highest BCUT2D eigenvalue weighted by molar-refractivity contribution is 6.07. The molecule has 0 saturated carbocycles. The van der Waals surface area contributed by atoms with Gasteiger partial charge in [0.1, 0.15) is 5.75 Å². The van der Waals surface area contributed by atoms with E-state index in [0.29, 0.717) is 0 Å². The van der Waals surface area contributed by atoms with E-state index >= 15 is 0 Å². The van der Waals surface area contributed by atoms with Crippen LogP contribution in [0.3, 0.4) is 0 Å². The van der Waals surface area contributed by atoms with Crippen LogP contribution >= 0.6 is 0 Å². The van der Waals surface area contributed by atoms with Gasteiger partial charge in [-0.3, -0.25) is 10.1 Å². The van der Waals surface area contributed by atoms with Crippen LogP contribution < -0.4 is 15.8 Å². The molecule has 3 aliphatic rings. The number of hydrogen-bond donors (Lipinski definition) is 2. The van der Waals surface area contributed by atoms with Crippen LogP contribution in [0, 0.1) is 10.4 Å². The van der Waals surface area contributed by atoms with E-state index < -0.39 is 6.03 Å². The van der Waals surface area contributed by atoms with E-state index in [1.165, 1.54) is 15.3 Å². The van der Waals surface area contributed by atoms with E-state index in [2.05, 4.69) is 22.4 Å². The van der Waals surface area contributed by atoms with Crippen LogP contribution in [-0.2, 0) is 4.79 Å². The number of ether oxygens (including phenoxy) is 1. The fourth-order valence-electron chi connectivity index (χ4n) is 1.69. The van der Waals surface area contributed by atoms with Crippen molar-refractivity contribution in [1.82, 2.24) is 10.2 Å². The molecule has 3 N–H and O–H groups in total. The molecule has 0 spiro atoms. The number of likely N-dealkylation sites (N-methyl/N-ethyl adjacent to an activating group) is 1. The molecule has 0 aromatic carbocycles. The summed E-state index contributed by atoms with van der Waals surface area (Å²) in [6, 6.07) is 5.37. The molecule has 19 heavy (non-hydrogen) atoms. The van der Waals surface area contributed by atoms with Crippen molar-refractivity contribution in [3.63, 3.8) is 0 Å². The molecule has 1 fully saturated rings. The molecule has 0 unspecified atom stereocenters. The third kappa shape index (κ3) is 2.65. The lowest BCUT2D eigenvalue weighted by molar-refractivity contribution is -0.118. The van der Waals surface area contributed by atoms with Gasteiger partial charge < -0.3 is 15.4 Å². The van der Waals surface area contributed by atoms with Crippen LogP contribution in [0.25, 0.3) is 0 Å². The Balaban J connectivity index is 0.000000146. The van der Waals surface area contributed by atoms with Gasteiger partial charge in [-0.05, 0) is 11.3 Å². The third-order valence-electron chi connectivity index (χ3n) is 2.72. The number of urea groups is 1.